The molecule has 1 aromatic heterocycles. The van der Waals surface area contributed by atoms with Crippen LogP contribution in [0.25, 0.3) is 16.9 Å². The van der Waals surface area contributed by atoms with Crippen molar-refractivity contribution in [2.45, 2.75) is 25.6 Å². The third kappa shape index (κ3) is 4.18. The fourth-order valence-electron chi connectivity index (χ4n) is 3.56. The van der Waals surface area contributed by atoms with E-state index in [4.69, 9.17) is 21.4 Å². The highest BCUT2D eigenvalue weighted by atomic mass is 35.5. The monoisotopic (exact) mass is 437 g/mol. The van der Waals surface area contributed by atoms with E-state index in [1.54, 1.807) is 42.1 Å². The molecule has 0 aliphatic carbocycles. The van der Waals surface area contributed by atoms with E-state index in [9.17, 15) is 13.2 Å². The predicted octanol–water partition coefficient (Wildman–Crippen LogP) is 5.85. The molecule has 0 saturated heterocycles. The number of nitrogens with zero attached hydrogens (tertiary/aromatic N) is 2. The van der Waals surface area contributed by atoms with Crippen molar-refractivity contribution in [2.75, 3.05) is 19.0 Å². The van der Waals surface area contributed by atoms with Gasteiger partial charge in [0.1, 0.15) is 23.0 Å². The molecule has 0 spiro atoms. The van der Waals surface area contributed by atoms with Crippen LogP contribution in [-0.2, 0) is 6.42 Å². The van der Waals surface area contributed by atoms with Gasteiger partial charge in [-0.05, 0) is 61.7 Å². The van der Waals surface area contributed by atoms with Crippen LogP contribution in [0.5, 0.6) is 11.5 Å². The minimum atomic E-state index is -4.73. The molecule has 0 fully saturated rings. The molecule has 3 aromatic rings. The van der Waals surface area contributed by atoms with Crippen LogP contribution in [0.15, 0.2) is 42.5 Å². The number of nitrogens with one attached hydrogen (secondary N) is 1. The summed E-state index contributed by atoms with van der Waals surface area (Å²) in [5.41, 5.74) is 3.13. The number of halogens is 4. The number of fused-ring (bicyclic) bond motifs is 1. The van der Waals surface area contributed by atoms with E-state index in [1.807, 2.05) is 0 Å². The molecule has 1 aliphatic rings. The van der Waals surface area contributed by atoms with Gasteiger partial charge in [-0.3, -0.25) is 0 Å². The van der Waals surface area contributed by atoms with Gasteiger partial charge in [0, 0.05) is 22.7 Å². The Hall–Kier alpha value is -2.87. The molecule has 0 unspecified atom stereocenters. The number of hydrogen-bond acceptors (Lipinski definition) is 4. The quantitative estimate of drug-likeness (QED) is 0.556. The van der Waals surface area contributed by atoms with Crippen molar-refractivity contribution in [3.8, 4) is 28.4 Å². The first-order chi connectivity index (χ1) is 14.4. The van der Waals surface area contributed by atoms with Crippen LogP contribution in [0.1, 0.15) is 18.4 Å². The first kappa shape index (κ1) is 20.4. The summed E-state index contributed by atoms with van der Waals surface area (Å²) in [5, 5.41) is 8.74. The molecule has 0 amide bonds. The van der Waals surface area contributed by atoms with Crippen molar-refractivity contribution in [3.05, 3.63) is 53.1 Å². The van der Waals surface area contributed by atoms with Crippen LogP contribution in [-0.4, -0.2) is 29.8 Å². The molecular weight excluding hydrogens is 419 g/mol. The number of ether oxygens (including phenoxy) is 2. The lowest BCUT2D eigenvalue weighted by molar-refractivity contribution is -0.274. The Morgan fingerprint density at radius 2 is 1.87 bits per heavy atom. The van der Waals surface area contributed by atoms with Gasteiger partial charge in [0.25, 0.3) is 0 Å². The number of methoxy groups -OCH3 is 1. The van der Waals surface area contributed by atoms with Crippen LogP contribution >= 0.6 is 11.6 Å². The normalized spacial score (nSPS) is 13.9. The van der Waals surface area contributed by atoms with E-state index in [0.29, 0.717) is 16.5 Å². The second-order valence-corrected chi connectivity index (χ2v) is 7.29. The first-order valence-electron chi connectivity index (χ1n) is 9.41. The maximum absolute atomic E-state index is 12.5. The number of anilines is 1. The van der Waals surface area contributed by atoms with Crippen LogP contribution in [0.4, 0.5) is 19.0 Å². The van der Waals surface area contributed by atoms with Gasteiger partial charge in [0.05, 0.1) is 12.8 Å². The number of alkyl halides is 3. The molecule has 1 aliphatic heterocycles. The fourth-order valence-corrected chi connectivity index (χ4v) is 3.73. The largest absolute Gasteiger partial charge is 0.573 e. The summed E-state index contributed by atoms with van der Waals surface area (Å²) in [4.78, 5) is 0. The molecule has 5 nitrogen and oxygen atoms in total. The molecule has 0 atom stereocenters. The highest BCUT2D eigenvalue weighted by Gasteiger charge is 2.31. The van der Waals surface area contributed by atoms with E-state index in [-0.39, 0.29) is 5.75 Å². The third-order valence-electron chi connectivity index (χ3n) is 4.86. The van der Waals surface area contributed by atoms with Crippen molar-refractivity contribution in [3.63, 3.8) is 0 Å². The lowest BCUT2D eigenvalue weighted by Crippen LogP contribution is -2.17. The Morgan fingerprint density at radius 1 is 1.10 bits per heavy atom. The Labute approximate surface area is 176 Å². The molecule has 2 aromatic carbocycles. The lowest BCUT2D eigenvalue weighted by atomic mass is 10.0. The van der Waals surface area contributed by atoms with E-state index in [1.165, 1.54) is 12.1 Å². The van der Waals surface area contributed by atoms with Crippen molar-refractivity contribution in [1.29, 1.82) is 0 Å². The van der Waals surface area contributed by atoms with E-state index < -0.39 is 6.36 Å². The summed E-state index contributed by atoms with van der Waals surface area (Å²) in [7, 11) is 1.58. The Bertz CT molecular complexity index is 1050. The van der Waals surface area contributed by atoms with Gasteiger partial charge < -0.3 is 14.8 Å². The molecule has 4 rings (SSSR count). The van der Waals surface area contributed by atoms with E-state index >= 15 is 0 Å². The maximum atomic E-state index is 12.5. The third-order valence-corrected chi connectivity index (χ3v) is 5.10. The fraction of sp³-hybridized carbons (Fsp3) is 0.286. The second-order valence-electron chi connectivity index (χ2n) is 6.86. The first-order valence-corrected chi connectivity index (χ1v) is 9.79. The van der Waals surface area contributed by atoms with Gasteiger partial charge >= 0.3 is 6.36 Å². The molecule has 1 N–H and O–H groups in total. The van der Waals surface area contributed by atoms with E-state index in [0.717, 1.165) is 48.4 Å². The molecule has 9 heteroatoms. The van der Waals surface area contributed by atoms with Gasteiger partial charge in [-0.15, -0.1) is 13.2 Å². The van der Waals surface area contributed by atoms with Crippen LogP contribution < -0.4 is 14.8 Å². The minimum Gasteiger partial charge on any atom is -0.496 e. The zero-order valence-corrected chi connectivity index (χ0v) is 16.8. The van der Waals surface area contributed by atoms with Crippen molar-refractivity contribution in [1.82, 2.24) is 9.78 Å². The summed E-state index contributed by atoms with van der Waals surface area (Å²) in [5.74, 6) is 1.17. The summed E-state index contributed by atoms with van der Waals surface area (Å²) >= 11 is 6.22. The molecule has 0 bridgehead atoms. The van der Waals surface area contributed by atoms with E-state index in [2.05, 4.69) is 10.1 Å². The molecule has 158 valence electrons. The molecular formula is C21H19ClF3N3O2. The zero-order chi connectivity index (χ0) is 21.3. The van der Waals surface area contributed by atoms with Gasteiger partial charge in [-0.25, -0.2) is 4.68 Å². The Kier molecular flexibility index (Phi) is 5.51. The van der Waals surface area contributed by atoms with Crippen LogP contribution in [0.2, 0.25) is 5.02 Å². The van der Waals surface area contributed by atoms with Gasteiger partial charge in [-0.2, -0.15) is 5.10 Å². The van der Waals surface area contributed by atoms with Crippen LogP contribution in [0.3, 0.4) is 0 Å². The van der Waals surface area contributed by atoms with Crippen molar-refractivity contribution >= 4 is 17.4 Å². The average molecular weight is 438 g/mol. The summed E-state index contributed by atoms with van der Waals surface area (Å²) in [6.07, 6.45) is -1.94. The van der Waals surface area contributed by atoms with Gasteiger partial charge in [0.15, 0.2) is 0 Å². The number of benzene rings is 2. The summed E-state index contributed by atoms with van der Waals surface area (Å²) in [6.45, 7) is 0.778. The summed E-state index contributed by atoms with van der Waals surface area (Å²) < 4.78 is 48.5. The minimum absolute atomic E-state index is 0.283. The standard InChI is InChI=1S/C21H19ClF3N3O2/c1-29-18-10-5-13(22)12-17(18)19-16-4-2-3-11-26-20(16)28(27-19)14-6-8-15(9-7-14)30-21(23,24)25/h5-10,12,26H,2-4,11H2,1H3. The van der Waals surface area contributed by atoms with Gasteiger partial charge in [-0.1, -0.05) is 11.6 Å². The summed E-state index contributed by atoms with van der Waals surface area (Å²) in [6, 6.07) is 11.0. The van der Waals surface area contributed by atoms with Crippen LogP contribution in [0, 0.1) is 0 Å². The molecule has 0 radical (unpaired) electrons. The highest BCUT2D eigenvalue weighted by molar-refractivity contribution is 6.31. The number of hydrogen-bond donors (Lipinski definition) is 1. The lowest BCUT2D eigenvalue weighted by Gasteiger charge is -2.11. The maximum Gasteiger partial charge on any atom is 0.573 e. The van der Waals surface area contributed by atoms with Crippen molar-refractivity contribution in [2.24, 2.45) is 0 Å². The molecule has 2 heterocycles. The predicted molar refractivity (Wildman–Crippen MR) is 109 cm³/mol. The number of aromatic nitrogens is 2. The smallest absolute Gasteiger partial charge is 0.496 e. The molecule has 30 heavy (non-hydrogen) atoms. The Balaban J connectivity index is 1.81. The zero-order valence-electron chi connectivity index (χ0n) is 16.1. The number of rotatable bonds is 4. The van der Waals surface area contributed by atoms with Crippen molar-refractivity contribution < 1.29 is 22.6 Å². The Morgan fingerprint density at radius 3 is 2.57 bits per heavy atom. The van der Waals surface area contributed by atoms with Gasteiger partial charge in [0.2, 0.25) is 0 Å². The topological polar surface area (TPSA) is 48.3 Å². The SMILES string of the molecule is COc1ccc(Cl)cc1-c1nn(-c2ccc(OC(F)(F)F)cc2)c2c1CCCCN2. The highest BCUT2D eigenvalue weighted by Crippen LogP contribution is 2.39. The second kappa shape index (κ2) is 8.10. The average Bonchev–Trinajstić information content (AvgIpc) is 2.88. The molecule has 0 saturated carbocycles.